The fourth-order valence-corrected chi connectivity index (χ4v) is 2.27. The van der Waals surface area contributed by atoms with Crippen LogP contribution in [0.15, 0.2) is 34.9 Å². The molecular formula is C13H12N4O3S. The quantitative estimate of drug-likeness (QED) is 0.533. The average Bonchev–Trinajstić information content (AvgIpc) is 2.95. The highest BCUT2D eigenvalue weighted by Gasteiger charge is 2.11. The molecule has 0 unspecified atom stereocenters. The third-order valence-corrected chi connectivity index (χ3v) is 3.68. The van der Waals surface area contributed by atoms with E-state index >= 15 is 0 Å². The number of nitro groups is 1. The smallest absolute Gasteiger partial charge is 0.267 e. The number of nitrogens with zero attached hydrogens (tertiary/aromatic N) is 3. The van der Waals surface area contributed by atoms with E-state index in [9.17, 15) is 14.9 Å². The number of carbonyl (C=O) groups is 1. The number of rotatable bonds is 4. The normalized spacial score (nSPS) is 11.2. The largest absolute Gasteiger partial charge is 0.280 e. The Balaban J connectivity index is 2.07. The molecule has 0 saturated heterocycles. The van der Waals surface area contributed by atoms with Gasteiger partial charge in [0.15, 0.2) is 0 Å². The van der Waals surface area contributed by atoms with Crippen LogP contribution < -0.4 is 5.43 Å². The van der Waals surface area contributed by atoms with Gasteiger partial charge in [-0.25, -0.2) is 5.43 Å². The standard InChI is InChI=1S/C13H12N4O3S/c1-8-3-4-10(6-14-8)13(18)16-15-9(2)12-5-11(7-21-12)17(19)20/h3-7H,1-2H3,(H,16,18)/b15-9-. The van der Waals surface area contributed by atoms with E-state index in [0.29, 0.717) is 16.2 Å². The van der Waals surface area contributed by atoms with Gasteiger partial charge in [0, 0.05) is 18.0 Å². The van der Waals surface area contributed by atoms with E-state index in [1.54, 1.807) is 19.1 Å². The molecule has 0 atom stereocenters. The van der Waals surface area contributed by atoms with E-state index in [4.69, 9.17) is 0 Å². The van der Waals surface area contributed by atoms with Gasteiger partial charge in [0.05, 0.1) is 26.5 Å². The van der Waals surface area contributed by atoms with Crippen LogP contribution in [0.4, 0.5) is 5.69 Å². The third kappa shape index (κ3) is 3.69. The predicted octanol–water partition coefficient (Wildman–Crippen LogP) is 2.51. The summed E-state index contributed by atoms with van der Waals surface area (Å²) in [5, 5.41) is 16.0. The SMILES string of the molecule is C/C(=N/NC(=O)c1ccc(C)nc1)c1cc([N+](=O)[O-])cs1. The monoisotopic (exact) mass is 304 g/mol. The first kappa shape index (κ1) is 14.8. The number of amides is 1. The van der Waals surface area contributed by atoms with Gasteiger partial charge >= 0.3 is 0 Å². The second-order valence-electron chi connectivity index (χ2n) is 4.25. The molecule has 0 radical (unpaired) electrons. The molecule has 0 spiro atoms. The zero-order chi connectivity index (χ0) is 15.4. The molecule has 2 aromatic heterocycles. The first-order chi connectivity index (χ1) is 9.97. The van der Waals surface area contributed by atoms with Crippen LogP contribution in [-0.4, -0.2) is 21.5 Å². The molecule has 1 amide bonds. The highest BCUT2D eigenvalue weighted by Crippen LogP contribution is 2.21. The van der Waals surface area contributed by atoms with E-state index in [0.717, 1.165) is 5.69 Å². The maximum absolute atomic E-state index is 11.8. The second kappa shape index (κ2) is 6.23. The molecule has 8 heteroatoms. The molecule has 0 saturated carbocycles. The number of pyridine rings is 1. The number of thiophene rings is 1. The predicted molar refractivity (Wildman–Crippen MR) is 79.6 cm³/mol. The Morgan fingerprint density at radius 3 is 2.81 bits per heavy atom. The molecule has 2 aromatic rings. The molecule has 2 rings (SSSR count). The molecule has 0 aromatic carbocycles. The van der Waals surface area contributed by atoms with Crippen molar-refractivity contribution >= 4 is 28.6 Å². The summed E-state index contributed by atoms with van der Waals surface area (Å²) in [6.45, 7) is 3.50. The average molecular weight is 304 g/mol. The summed E-state index contributed by atoms with van der Waals surface area (Å²) in [6, 6.07) is 4.80. The lowest BCUT2D eigenvalue weighted by Gasteiger charge is -2.01. The molecule has 0 aliphatic heterocycles. The van der Waals surface area contributed by atoms with Crippen molar-refractivity contribution in [3.05, 3.63) is 56.0 Å². The summed E-state index contributed by atoms with van der Waals surface area (Å²) in [6.07, 6.45) is 1.46. The van der Waals surface area contributed by atoms with Crippen molar-refractivity contribution in [2.45, 2.75) is 13.8 Å². The van der Waals surface area contributed by atoms with E-state index in [1.807, 2.05) is 6.92 Å². The van der Waals surface area contributed by atoms with Crippen LogP contribution in [0.3, 0.4) is 0 Å². The van der Waals surface area contributed by atoms with E-state index in [-0.39, 0.29) is 11.6 Å². The number of nitrogens with one attached hydrogen (secondary N) is 1. The van der Waals surface area contributed by atoms with Crippen LogP contribution in [0, 0.1) is 17.0 Å². The molecule has 0 aliphatic carbocycles. The number of hydrogen-bond donors (Lipinski definition) is 1. The lowest BCUT2D eigenvalue weighted by Crippen LogP contribution is -2.19. The molecule has 0 bridgehead atoms. The highest BCUT2D eigenvalue weighted by atomic mass is 32.1. The number of hydrogen-bond acceptors (Lipinski definition) is 6. The van der Waals surface area contributed by atoms with Crippen molar-refractivity contribution in [3.63, 3.8) is 0 Å². The fraction of sp³-hybridized carbons (Fsp3) is 0.154. The van der Waals surface area contributed by atoms with E-state index in [2.05, 4.69) is 15.5 Å². The van der Waals surface area contributed by atoms with Gasteiger partial charge in [0.2, 0.25) is 0 Å². The zero-order valence-corrected chi connectivity index (χ0v) is 12.2. The molecule has 2 heterocycles. The van der Waals surface area contributed by atoms with Gasteiger partial charge in [-0.15, -0.1) is 11.3 Å². The summed E-state index contributed by atoms with van der Waals surface area (Å²) >= 11 is 1.20. The van der Waals surface area contributed by atoms with Crippen LogP contribution in [0.1, 0.15) is 27.9 Å². The van der Waals surface area contributed by atoms with Gasteiger partial charge < -0.3 is 0 Å². The number of carbonyl (C=O) groups excluding carboxylic acids is 1. The summed E-state index contributed by atoms with van der Waals surface area (Å²) in [5.74, 6) is -0.382. The van der Waals surface area contributed by atoms with Crippen LogP contribution in [0.25, 0.3) is 0 Å². The summed E-state index contributed by atoms with van der Waals surface area (Å²) in [5.41, 5.74) is 4.13. The first-order valence-electron chi connectivity index (χ1n) is 5.98. The molecule has 7 nitrogen and oxygen atoms in total. The van der Waals surface area contributed by atoms with Crippen LogP contribution in [0.2, 0.25) is 0 Å². The Morgan fingerprint density at radius 1 is 1.48 bits per heavy atom. The second-order valence-corrected chi connectivity index (χ2v) is 5.16. The van der Waals surface area contributed by atoms with Gasteiger partial charge in [-0.1, -0.05) is 0 Å². The zero-order valence-electron chi connectivity index (χ0n) is 11.4. The summed E-state index contributed by atoms with van der Waals surface area (Å²) in [7, 11) is 0. The van der Waals surface area contributed by atoms with E-state index < -0.39 is 4.92 Å². The number of hydrazone groups is 1. The summed E-state index contributed by atoms with van der Waals surface area (Å²) < 4.78 is 0. The van der Waals surface area contributed by atoms with Gasteiger partial charge in [0.1, 0.15) is 0 Å². The van der Waals surface area contributed by atoms with Crippen LogP contribution >= 0.6 is 11.3 Å². The van der Waals surface area contributed by atoms with Crippen LogP contribution in [-0.2, 0) is 0 Å². The minimum absolute atomic E-state index is 0.0126. The van der Waals surface area contributed by atoms with Gasteiger partial charge in [-0.05, 0) is 26.0 Å². The fourth-order valence-electron chi connectivity index (χ4n) is 1.47. The molecular weight excluding hydrogens is 292 g/mol. The molecule has 1 N–H and O–H groups in total. The number of aryl methyl sites for hydroxylation is 1. The highest BCUT2D eigenvalue weighted by molar-refractivity contribution is 7.12. The lowest BCUT2D eigenvalue weighted by molar-refractivity contribution is -0.384. The first-order valence-corrected chi connectivity index (χ1v) is 6.86. The third-order valence-electron chi connectivity index (χ3n) is 2.65. The molecule has 21 heavy (non-hydrogen) atoms. The Kier molecular flexibility index (Phi) is 4.39. The van der Waals surface area contributed by atoms with Crippen LogP contribution in [0.5, 0.6) is 0 Å². The summed E-state index contributed by atoms with van der Waals surface area (Å²) in [4.78, 5) is 26.6. The molecule has 0 fully saturated rings. The van der Waals surface area contributed by atoms with Crippen molar-refractivity contribution in [3.8, 4) is 0 Å². The van der Waals surface area contributed by atoms with E-state index in [1.165, 1.54) is 29.0 Å². The van der Waals surface area contributed by atoms with Gasteiger partial charge in [-0.3, -0.25) is 19.9 Å². The van der Waals surface area contributed by atoms with Crippen molar-refractivity contribution in [1.29, 1.82) is 0 Å². The Labute approximate surface area is 124 Å². The van der Waals surface area contributed by atoms with Gasteiger partial charge in [0.25, 0.3) is 11.6 Å². The minimum Gasteiger partial charge on any atom is -0.267 e. The topological polar surface area (TPSA) is 97.5 Å². The Bertz CT molecular complexity index is 706. The lowest BCUT2D eigenvalue weighted by atomic mass is 10.2. The molecule has 0 aliphatic rings. The maximum atomic E-state index is 11.8. The van der Waals surface area contributed by atoms with Crippen molar-refractivity contribution in [1.82, 2.24) is 10.4 Å². The Hall–Kier alpha value is -2.61. The van der Waals surface area contributed by atoms with Gasteiger partial charge in [-0.2, -0.15) is 5.10 Å². The maximum Gasteiger partial charge on any atom is 0.280 e. The van der Waals surface area contributed by atoms with Crippen molar-refractivity contribution in [2.75, 3.05) is 0 Å². The molecule has 108 valence electrons. The van der Waals surface area contributed by atoms with Crippen molar-refractivity contribution < 1.29 is 9.72 Å². The Morgan fingerprint density at radius 2 is 2.24 bits per heavy atom. The minimum atomic E-state index is -0.468. The number of aromatic nitrogens is 1. The van der Waals surface area contributed by atoms with Crippen molar-refractivity contribution in [2.24, 2.45) is 5.10 Å².